The molecule has 0 unspecified atom stereocenters. The minimum Gasteiger partial charge on any atom is -0.208 e. The number of sulfonamides is 2. The monoisotopic (exact) mass is 424 g/mol. The molecule has 0 spiro atoms. The van der Waals surface area contributed by atoms with Crippen LogP contribution in [0.4, 0.5) is 4.39 Å². The number of aryl methyl sites for hydroxylation is 1. The van der Waals surface area contributed by atoms with Gasteiger partial charge in [-0.1, -0.05) is 36.4 Å². The molecule has 2 aromatic carbocycles. The second kappa shape index (κ2) is 8.12. The third-order valence-electron chi connectivity index (χ3n) is 4.57. The third-order valence-corrected chi connectivity index (χ3v) is 8.03. The molecule has 1 saturated heterocycles. The van der Waals surface area contributed by atoms with Gasteiger partial charge in [-0.05, 0) is 36.3 Å². The lowest BCUT2D eigenvalue weighted by atomic mass is 10.2. The first-order chi connectivity index (χ1) is 13.2. The van der Waals surface area contributed by atoms with Gasteiger partial charge in [-0.15, -0.1) is 0 Å². The second-order valence-electron chi connectivity index (χ2n) is 6.47. The van der Waals surface area contributed by atoms with Crippen LogP contribution in [0.2, 0.25) is 0 Å². The second-order valence-corrected chi connectivity index (χ2v) is 10.2. The summed E-state index contributed by atoms with van der Waals surface area (Å²) in [6, 6.07) is 12.8. The number of rotatable bonds is 5. The van der Waals surface area contributed by atoms with Crippen LogP contribution in [0.15, 0.2) is 58.8 Å². The molecule has 1 fully saturated rings. The summed E-state index contributed by atoms with van der Waals surface area (Å²) in [5.74, 6) is -0.590. The SMILES string of the molecule is Cc1ccc(S(=O)(=O)N2CCN(S(=O)(=O)/C=C/c3ccccc3)CC2)cc1F. The fourth-order valence-corrected chi connectivity index (χ4v) is 5.47. The van der Waals surface area contributed by atoms with Crippen molar-refractivity contribution in [2.45, 2.75) is 11.8 Å². The van der Waals surface area contributed by atoms with Crippen LogP contribution in [0, 0.1) is 12.7 Å². The fourth-order valence-electron chi connectivity index (χ4n) is 2.86. The van der Waals surface area contributed by atoms with Crippen molar-refractivity contribution < 1.29 is 21.2 Å². The topological polar surface area (TPSA) is 74.8 Å². The Labute approximate surface area is 165 Å². The average Bonchev–Trinajstić information content (AvgIpc) is 2.69. The number of halogens is 1. The summed E-state index contributed by atoms with van der Waals surface area (Å²) < 4.78 is 66.5. The maximum absolute atomic E-state index is 13.7. The van der Waals surface area contributed by atoms with E-state index in [1.54, 1.807) is 19.1 Å². The largest absolute Gasteiger partial charge is 0.243 e. The predicted octanol–water partition coefficient (Wildman–Crippen LogP) is 2.44. The van der Waals surface area contributed by atoms with Crippen LogP contribution in [0.5, 0.6) is 0 Å². The van der Waals surface area contributed by atoms with Gasteiger partial charge in [0.25, 0.3) is 0 Å². The molecule has 1 heterocycles. The molecule has 0 amide bonds. The fraction of sp³-hybridized carbons (Fsp3) is 0.263. The van der Waals surface area contributed by atoms with E-state index >= 15 is 0 Å². The third kappa shape index (κ3) is 4.49. The maximum Gasteiger partial charge on any atom is 0.243 e. The Morgan fingerprint density at radius 1 is 0.893 bits per heavy atom. The summed E-state index contributed by atoms with van der Waals surface area (Å²) in [6.45, 7) is 1.65. The molecule has 0 bridgehead atoms. The van der Waals surface area contributed by atoms with Crippen molar-refractivity contribution in [3.63, 3.8) is 0 Å². The molecular weight excluding hydrogens is 403 g/mol. The van der Waals surface area contributed by atoms with Crippen molar-refractivity contribution in [1.29, 1.82) is 0 Å². The van der Waals surface area contributed by atoms with E-state index < -0.39 is 25.9 Å². The lowest BCUT2D eigenvalue weighted by Crippen LogP contribution is -2.49. The summed E-state index contributed by atoms with van der Waals surface area (Å²) in [5, 5.41) is 1.13. The normalized spacial score (nSPS) is 17.2. The summed E-state index contributed by atoms with van der Waals surface area (Å²) in [5.41, 5.74) is 1.12. The van der Waals surface area contributed by atoms with Crippen LogP contribution in [0.25, 0.3) is 6.08 Å². The predicted molar refractivity (Wildman–Crippen MR) is 106 cm³/mol. The minimum absolute atomic E-state index is 0.0102. The molecule has 0 aliphatic carbocycles. The Bertz CT molecular complexity index is 1080. The Morgan fingerprint density at radius 2 is 1.50 bits per heavy atom. The van der Waals surface area contributed by atoms with E-state index in [0.29, 0.717) is 5.56 Å². The lowest BCUT2D eigenvalue weighted by molar-refractivity contribution is 0.275. The van der Waals surface area contributed by atoms with E-state index in [9.17, 15) is 21.2 Å². The Morgan fingerprint density at radius 3 is 2.11 bits per heavy atom. The van der Waals surface area contributed by atoms with Crippen LogP contribution < -0.4 is 0 Å². The van der Waals surface area contributed by atoms with Gasteiger partial charge in [0.05, 0.1) is 4.90 Å². The molecule has 2 aromatic rings. The summed E-state index contributed by atoms with van der Waals surface area (Å²) in [6.07, 6.45) is 1.51. The molecule has 0 radical (unpaired) electrons. The first-order valence-electron chi connectivity index (χ1n) is 8.70. The molecule has 1 aliphatic rings. The zero-order valence-electron chi connectivity index (χ0n) is 15.3. The zero-order valence-corrected chi connectivity index (χ0v) is 17.0. The zero-order chi connectivity index (χ0) is 20.4. The average molecular weight is 425 g/mol. The number of piperazine rings is 1. The molecular formula is C19H21FN2O4S2. The highest BCUT2D eigenvalue weighted by Gasteiger charge is 2.32. The van der Waals surface area contributed by atoms with Crippen LogP contribution in [0.1, 0.15) is 11.1 Å². The molecule has 0 saturated carbocycles. The Kier molecular flexibility index (Phi) is 5.99. The van der Waals surface area contributed by atoms with E-state index in [-0.39, 0.29) is 31.1 Å². The van der Waals surface area contributed by atoms with Crippen LogP contribution in [-0.2, 0) is 20.0 Å². The molecule has 9 heteroatoms. The molecule has 0 N–H and O–H groups in total. The van der Waals surface area contributed by atoms with Crippen molar-refractivity contribution >= 4 is 26.1 Å². The van der Waals surface area contributed by atoms with Gasteiger partial charge < -0.3 is 0 Å². The lowest BCUT2D eigenvalue weighted by Gasteiger charge is -2.32. The molecule has 6 nitrogen and oxygen atoms in total. The van der Waals surface area contributed by atoms with Crippen LogP contribution in [-0.4, -0.2) is 51.6 Å². The number of benzene rings is 2. The smallest absolute Gasteiger partial charge is 0.208 e. The van der Waals surface area contributed by atoms with Gasteiger partial charge in [-0.25, -0.2) is 21.2 Å². The van der Waals surface area contributed by atoms with Gasteiger partial charge in [0, 0.05) is 31.6 Å². The van der Waals surface area contributed by atoms with Gasteiger partial charge in [0.1, 0.15) is 5.82 Å². The molecule has 150 valence electrons. The van der Waals surface area contributed by atoms with Gasteiger partial charge in [-0.3, -0.25) is 0 Å². The van der Waals surface area contributed by atoms with E-state index in [1.165, 1.54) is 26.8 Å². The highest BCUT2D eigenvalue weighted by molar-refractivity contribution is 7.92. The molecule has 28 heavy (non-hydrogen) atoms. The highest BCUT2D eigenvalue weighted by Crippen LogP contribution is 2.21. The number of hydrogen-bond acceptors (Lipinski definition) is 4. The Balaban J connectivity index is 1.69. The number of nitrogens with zero attached hydrogens (tertiary/aromatic N) is 2. The first kappa shape index (κ1) is 20.7. The standard InChI is InChI=1S/C19H21FN2O4S2/c1-16-7-8-18(15-19(16)20)28(25,26)22-12-10-21(11-13-22)27(23,24)14-9-17-5-3-2-4-6-17/h2-9,14-15H,10-13H2,1H3/b14-9+. The van der Waals surface area contributed by atoms with Crippen molar-refractivity contribution in [1.82, 2.24) is 8.61 Å². The summed E-state index contributed by atoms with van der Waals surface area (Å²) in [4.78, 5) is -0.129. The molecule has 3 rings (SSSR count). The molecule has 0 aromatic heterocycles. The van der Waals surface area contributed by atoms with Gasteiger partial charge in [-0.2, -0.15) is 8.61 Å². The molecule has 1 aliphatic heterocycles. The maximum atomic E-state index is 13.7. The van der Waals surface area contributed by atoms with Gasteiger partial charge >= 0.3 is 0 Å². The van der Waals surface area contributed by atoms with Crippen molar-refractivity contribution in [3.05, 3.63) is 70.9 Å². The minimum atomic E-state index is -3.87. The van der Waals surface area contributed by atoms with E-state index in [0.717, 1.165) is 17.0 Å². The number of hydrogen-bond donors (Lipinski definition) is 0. The summed E-state index contributed by atoms with van der Waals surface area (Å²) in [7, 11) is -7.53. The van der Waals surface area contributed by atoms with Crippen molar-refractivity contribution in [3.8, 4) is 0 Å². The molecule has 0 atom stereocenters. The first-order valence-corrected chi connectivity index (χ1v) is 11.6. The van der Waals surface area contributed by atoms with E-state index in [1.807, 2.05) is 18.2 Å². The van der Waals surface area contributed by atoms with Crippen LogP contribution >= 0.6 is 0 Å². The highest BCUT2D eigenvalue weighted by atomic mass is 32.2. The summed E-state index contributed by atoms with van der Waals surface area (Å²) >= 11 is 0. The van der Waals surface area contributed by atoms with Gasteiger partial charge in [0.2, 0.25) is 20.0 Å². The van der Waals surface area contributed by atoms with E-state index in [2.05, 4.69) is 0 Å². The quantitative estimate of drug-likeness (QED) is 0.739. The van der Waals surface area contributed by atoms with Crippen LogP contribution in [0.3, 0.4) is 0 Å². The van der Waals surface area contributed by atoms with Crippen molar-refractivity contribution in [2.24, 2.45) is 0 Å². The van der Waals surface area contributed by atoms with Crippen molar-refractivity contribution in [2.75, 3.05) is 26.2 Å². The van der Waals surface area contributed by atoms with Gasteiger partial charge in [0.15, 0.2) is 0 Å². The Hall–Kier alpha value is -2.07. The van der Waals surface area contributed by atoms with E-state index in [4.69, 9.17) is 0 Å².